The van der Waals surface area contributed by atoms with Gasteiger partial charge in [0.1, 0.15) is 5.82 Å². The second kappa shape index (κ2) is 6.46. The summed E-state index contributed by atoms with van der Waals surface area (Å²) in [4.78, 5) is 21.3. The van der Waals surface area contributed by atoms with E-state index < -0.39 is 0 Å². The molecule has 0 unspecified atom stereocenters. The van der Waals surface area contributed by atoms with Crippen LogP contribution in [-0.4, -0.2) is 35.4 Å². The highest BCUT2D eigenvalue weighted by atomic mass is 16.2. The topological polar surface area (TPSA) is 90.5 Å². The van der Waals surface area contributed by atoms with Crippen LogP contribution in [0.25, 0.3) is 5.95 Å². The maximum atomic E-state index is 12.5. The summed E-state index contributed by atoms with van der Waals surface area (Å²) in [5.74, 6) is 0.630. The van der Waals surface area contributed by atoms with Gasteiger partial charge >= 0.3 is 0 Å². The molecule has 0 atom stereocenters. The van der Waals surface area contributed by atoms with Gasteiger partial charge in [0.2, 0.25) is 0 Å². The number of carbonyl (C=O) groups is 1. The molecule has 0 saturated heterocycles. The van der Waals surface area contributed by atoms with E-state index in [-0.39, 0.29) is 11.9 Å². The number of anilines is 1. The van der Waals surface area contributed by atoms with Gasteiger partial charge in [0, 0.05) is 29.7 Å². The maximum absolute atomic E-state index is 12.5. The zero-order valence-corrected chi connectivity index (χ0v) is 15.0. The Labute approximate surface area is 145 Å². The van der Waals surface area contributed by atoms with Gasteiger partial charge in [-0.2, -0.15) is 14.9 Å². The third kappa shape index (κ3) is 3.57. The number of nitrogens with zero attached hydrogens (tertiary/aromatic N) is 6. The number of aryl methyl sites for hydroxylation is 3. The molecule has 25 heavy (non-hydrogen) atoms. The second-order valence-electron chi connectivity index (χ2n) is 6.26. The lowest BCUT2D eigenvalue weighted by Crippen LogP contribution is -2.17. The average molecular weight is 339 g/mol. The molecular weight excluding hydrogens is 318 g/mol. The molecule has 0 fully saturated rings. The summed E-state index contributed by atoms with van der Waals surface area (Å²) >= 11 is 0. The number of hydrogen-bond donors (Lipinski definition) is 1. The van der Waals surface area contributed by atoms with Gasteiger partial charge in [0.05, 0.1) is 5.69 Å². The number of carbonyl (C=O) groups excluding carboxylic acids is 1. The van der Waals surface area contributed by atoms with E-state index in [2.05, 4.69) is 25.5 Å². The molecule has 3 rings (SSSR count). The number of nitrogens with one attached hydrogen (secondary N) is 1. The van der Waals surface area contributed by atoms with E-state index in [0.717, 1.165) is 17.1 Å². The first kappa shape index (κ1) is 16.8. The smallest absolute Gasteiger partial charge is 0.277 e. The van der Waals surface area contributed by atoms with E-state index in [9.17, 15) is 4.79 Å². The molecule has 130 valence electrons. The fraction of sp³-hybridized carbons (Fsp3) is 0.353. The van der Waals surface area contributed by atoms with Crippen LogP contribution in [0.2, 0.25) is 0 Å². The highest BCUT2D eigenvalue weighted by molar-refractivity contribution is 6.02. The van der Waals surface area contributed by atoms with Crippen molar-refractivity contribution in [3.63, 3.8) is 0 Å². The zero-order valence-electron chi connectivity index (χ0n) is 15.0. The highest BCUT2D eigenvalue weighted by Crippen LogP contribution is 2.16. The average Bonchev–Trinajstić information content (AvgIpc) is 3.13. The quantitative estimate of drug-likeness (QED) is 0.789. The van der Waals surface area contributed by atoms with E-state index in [1.807, 2.05) is 40.7 Å². The molecule has 8 nitrogen and oxygen atoms in total. The number of amides is 1. The maximum Gasteiger partial charge on any atom is 0.277 e. The molecular formula is C17H21N7O. The minimum Gasteiger partial charge on any atom is -0.305 e. The van der Waals surface area contributed by atoms with Gasteiger partial charge in [-0.15, -0.1) is 0 Å². The van der Waals surface area contributed by atoms with Crippen molar-refractivity contribution in [2.45, 2.75) is 40.7 Å². The third-order valence-corrected chi connectivity index (χ3v) is 3.60. The predicted octanol–water partition coefficient (Wildman–Crippen LogP) is 2.62. The van der Waals surface area contributed by atoms with Crippen molar-refractivity contribution in [2.24, 2.45) is 0 Å². The number of rotatable bonds is 4. The van der Waals surface area contributed by atoms with Crippen LogP contribution < -0.4 is 5.32 Å². The SMILES string of the molecule is Cc1cc(C)nc(-n2nc(C)cc2NC(=O)c2ccn(C(C)C)n2)n1. The molecule has 3 heterocycles. The zero-order chi connectivity index (χ0) is 18.1. The summed E-state index contributed by atoms with van der Waals surface area (Å²) in [6, 6.07) is 5.55. The summed E-state index contributed by atoms with van der Waals surface area (Å²) in [6.07, 6.45) is 1.79. The van der Waals surface area contributed by atoms with Crippen LogP contribution >= 0.6 is 0 Å². The minimum absolute atomic E-state index is 0.193. The molecule has 0 radical (unpaired) electrons. The molecule has 8 heteroatoms. The molecule has 0 spiro atoms. The van der Waals surface area contributed by atoms with Crippen molar-refractivity contribution in [3.8, 4) is 5.95 Å². The molecule has 0 aromatic carbocycles. The Morgan fingerprint density at radius 2 is 1.72 bits per heavy atom. The van der Waals surface area contributed by atoms with Crippen LogP contribution in [0.3, 0.4) is 0 Å². The number of aromatic nitrogens is 6. The Bertz CT molecular complexity index is 903. The van der Waals surface area contributed by atoms with E-state index in [4.69, 9.17) is 0 Å². The van der Waals surface area contributed by atoms with Crippen molar-refractivity contribution in [1.29, 1.82) is 0 Å². The molecule has 0 aliphatic rings. The Kier molecular flexibility index (Phi) is 4.35. The number of hydrogen-bond acceptors (Lipinski definition) is 5. The second-order valence-corrected chi connectivity index (χ2v) is 6.26. The van der Waals surface area contributed by atoms with Gasteiger partial charge in [-0.1, -0.05) is 0 Å². The molecule has 0 aliphatic heterocycles. The lowest BCUT2D eigenvalue weighted by atomic mass is 10.3. The van der Waals surface area contributed by atoms with Crippen molar-refractivity contribution in [1.82, 2.24) is 29.5 Å². The highest BCUT2D eigenvalue weighted by Gasteiger charge is 2.16. The van der Waals surface area contributed by atoms with E-state index in [1.54, 1.807) is 23.0 Å². The first-order valence-electron chi connectivity index (χ1n) is 8.09. The summed E-state index contributed by atoms with van der Waals surface area (Å²) in [6.45, 7) is 9.65. The summed E-state index contributed by atoms with van der Waals surface area (Å²) in [7, 11) is 0. The van der Waals surface area contributed by atoms with Crippen LogP contribution in [0.5, 0.6) is 0 Å². The van der Waals surface area contributed by atoms with Gasteiger partial charge < -0.3 is 5.32 Å². The fourth-order valence-corrected chi connectivity index (χ4v) is 2.47. The first-order chi connectivity index (χ1) is 11.8. The standard InChI is InChI=1S/C17H21N7O/c1-10(2)23-7-6-14(22-23)16(25)20-15-9-13(5)21-24(15)17-18-11(3)8-12(4)19-17/h6-10H,1-5H3,(H,20,25). The molecule has 3 aromatic rings. The van der Waals surface area contributed by atoms with Crippen LogP contribution in [0.4, 0.5) is 5.82 Å². The lowest BCUT2D eigenvalue weighted by molar-refractivity contribution is 0.102. The monoisotopic (exact) mass is 339 g/mol. The Morgan fingerprint density at radius 3 is 2.32 bits per heavy atom. The molecule has 0 bridgehead atoms. The fourth-order valence-electron chi connectivity index (χ4n) is 2.47. The summed E-state index contributed by atoms with van der Waals surface area (Å²) in [5, 5.41) is 11.5. The Morgan fingerprint density at radius 1 is 1.04 bits per heavy atom. The third-order valence-electron chi connectivity index (χ3n) is 3.60. The summed E-state index contributed by atoms with van der Waals surface area (Å²) < 4.78 is 3.27. The van der Waals surface area contributed by atoms with Gasteiger partial charge in [-0.25, -0.2) is 9.97 Å². The Balaban J connectivity index is 1.91. The van der Waals surface area contributed by atoms with Crippen molar-refractivity contribution in [3.05, 3.63) is 47.2 Å². The van der Waals surface area contributed by atoms with Gasteiger partial charge in [-0.3, -0.25) is 9.48 Å². The van der Waals surface area contributed by atoms with Crippen LogP contribution in [0, 0.1) is 20.8 Å². The van der Waals surface area contributed by atoms with Crippen molar-refractivity contribution in [2.75, 3.05) is 5.32 Å². The molecule has 0 saturated carbocycles. The van der Waals surface area contributed by atoms with Crippen LogP contribution in [-0.2, 0) is 0 Å². The normalized spacial score (nSPS) is 11.1. The van der Waals surface area contributed by atoms with Gasteiger partial charge in [-0.05, 0) is 46.8 Å². The molecule has 1 N–H and O–H groups in total. The lowest BCUT2D eigenvalue weighted by Gasteiger charge is -2.08. The first-order valence-corrected chi connectivity index (χ1v) is 8.09. The minimum atomic E-state index is -0.301. The molecule has 3 aromatic heterocycles. The largest absolute Gasteiger partial charge is 0.305 e. The van der Waals surface area contributed by atoms with E-state index in [0.29, 0.717) is 17.5 Å². The van der Waals surface area contributed by atoms with Crippen LogP contribution in [0.15, 0.2) is 24.4 Å². The van der Waals surface area contributed by atoms with Gasteiger partial charge in [0.25, 0.3) is 11.9 Å². The Hall–Kier alpha value is -3.03. The molecule has 0 aliphatic carbocycles. The summed E-state index contributed by atoms with van der Waals surface area (Å²) in [5.41, 5.74) is 2.78. The van der Waals surface area contributed by atoms with E-state index in [1.165, 1.54) is 4.68 Å². The van der Waals surface area contributed by atoms with Gasteiger partial charge in [0.15, 0.2) is 5.69 Å². The van der Waals surface area contributed by atoms with Crippen LogP contribution in [0.1, 0.15) is 47.5 Å². The van der Waals surface area contributed by atoms with Crippen molar-refractivity contribution >= 4 is 11.7 Å². The van der Waals surface area contributed by atoms with E-state index >= 15 is 0 Å². The molecule has 1 amide bonds. The van der Waals surface area contributed by atoms with Crippen molar-refractivity contribution < 1.29 is 4.79 Å². The predicted molar refractivity (Wildman–Crippen MR) is 93.9 cm³/mol.